The number of carbonyl (C=O) groups is 1. The van der Waals surface area contributed by atoms with Crippen LogP contribution < -0.4 is 5.32 Å². The zero-order chi connectivity index (χ0) is 26.4. The van der Waals surface area contributed by atoms with Gasteiger partial charge in [-0.15, -0.1) is 11.3 Å². The number of rotatable bonds is 8. The lowest BCUT2D eigenvalue weighted by Crippen LogP contribution is -2.36. The molecule has 1 aliphatic rings. The van der Waals surface area contributed by atoms with Gasteiger partial charge < -0.3 is 10.2 Å². The van der Waals surface area contributed by atoms with Crippen molar-refractivity contribution in [3.63, 3.8) is 0 Å². The van der Waals surface area contributed by atoms with Crippen molar-refractivity contribution in [2.45, 2.75) is 57.5 Å². The molecule has 9 heteroatoms. The number of alkyl halides is 3. The number of amides is 1. The van der Waals surface area contributed by atoms with Gasteiger partial charge in [-0.25, -0.2) is 4.98 Å². The fourth-order valence-electron chi connectivity index (χ4n) is 4.53. The SMILES string of the molecule is CCCCCC(=S)N1CCC(c2nc(C(=O)Nc3ccccc3-c3cccc(C(F)(F)F)c3)cs2)CC1. The maximum atomic E-state index is 13.2. The second-order valence-electron chi connectivity index (χ2n) is 9.26. The van der Waals surface area contributed by atoms with Crippen LogP contribution in [0.5, 0.6) is 0 Å². The zero-order valence-electron chi connectivity index (χ0n) is 20.7. The quantitative estimate of drug-likeness (QED) is 0.229. The van der Waals surface area contributed by atoms with E-state index in [9.17, 15) is 18.0 Å². The maximum absolute atomic E-state index is 13.2. The number of thiocarbonyl (C=S) groups is 1. The molecule has 37 heavy (non-hydrogen) atoms. The Labute approximate surface area is 224 Å². The molecule has 3 aromatic rings. The lowest BCUT2D eigenvalue weighted by molar-refractivity contribution is -0.137. The van der Waals surface area contributed by atoms with E-state index in [2.05, 4.69) is 22.1 Å². The van der Waals surface area contributed by atoms with E-state index >= 15 is 0 Å². The molecule has 0 radical (unpaired) electrons. The zero-order valence-corrected chi connectivity index (χ0v) is 22.3. The molecule has 0 spiro atoms. The smallest absolute Gasteiger partial charge is 0.366 e. The summed E-state index contributed by atoms with van der Waals surface area (Å²) in [4.78, 5) is 21.0. The molecule has 2 heterocycles. The number of nitrogens with zero attached hydrogens (tertiary/aromatic N) is 2. The highest BCUT2D eigenvalue weighted by Gasteiger charge is 2.30. The van der Waals surface area contributed by atoms with Crippen LogP contribution in [0.3, 0.4) is 0 Å². The summed E-state index contributed by atoms with van der Waals surface area (Å²) in [5.41, 5.74) is 0.911. The first-order valence-corrected chi connectivity index (χ1v) is 13.9. The van der Waals surface area contributed by atoms with Gasteiger partial charge in [0.05, 0.1) is 15.6 Å². The molecule has 1 aliphatic heterocycles. The minimum absolute atomic E-state index is 0.290. The van der Waals surface area contributed by atoms with Crippen molar-refractivity contribution in [2.75, 3.05) is 18.4 Å². The Balaban J connectivity index is 1.40. The molecule has 0 bridgehead atoms. The third-order valence-electron chi connectivity index (χ3n) is 6.62. The number of thiazole rings is 1. The Bertz CT molecular complexity index is 1230. The summed E-state index contributed by atoms with van der Waals surface area (Å²) < 4.78 is 39.6. The average Bonchev–Trinajstić information content (AvgIpc) is 3.39. The first-order valence-electron chi connectivity index (χ1n) is 12.6. The largest absolute Gasteiger partial charge is 0.416 e. The van der Waals surface area contributed by atoms with Gasteiger partial charge >= 0.3 is 6.18 Å². The molecule has 1 amide bonds. The Hall–Kier alpha value is -2.78. The Morgan fingerprint density at radius 3 is 2.62 bits per heavy atom. The number of unbranched alkanes of at least 4 members (excludes halogenated alkanes) is 2. The van der Waals surface area contributed by atoms with Crippen LogP contribution in [0, 0.1) is 0 Å². The minimum atomic E-state index is -4.44. The molecule has 196 valence electrons. The van der Waals surface area contributed by atoms with Gasteiger partial charge in [-0.05, 0) is 49.4 Å². The van der Waals surface area contributed by atoms with Crippen molar-refractivity contribution < 1.29 is 18.0 Å². The van der Waals surface area contributed by atoms with E-state index < -0.39 is 11.7 Å². The number of likely N-dealkylation sites (tertiary alicyclic amines) is 1. The lowest BCUT2D eigenvalue weighted by Gasteiger charge is -2.33. The normalized spacial score (nSPS) is 14.5. The van der Waals surface area contributed by atoms with Crippen LogP contribution in [0.15, 0.2) is 53.9 Å². The molecule has 0 unspecified atom stereocenters. The molecule has 1 aromatic heterocycles. The molecule has 2 aromatic carbocycles. The molecule has 0 aliphatic carbocycles. The highest BCUT2D eigenvalue weighted by molar-refractivity contribution is 7.80. The second kappa shape index (κ2) is 12.2. The number of aromatic nitrogens is 1. The van der Waals surface area contributed by atoms with E-state index in [0.717, 1.165) is 60.9 Å². The van der Waals surface area contributed by atoms with Crippen molar-refractivity contribution in [1.82, 2.24) is 9.88 Å². The second-order valence-corrected chi connectivity index (χ2v) is 10.6. The highest BCUT2D eigenvalue weighted by Crippen LogP contribution is 2.35. The first kappa shape index (κ1) is 27.3. The van der Waals surface area contributed by atoms with Crippen LogP contribution in [0.4, 0.5) is 18.9 Å². The molecule has 1 N–H and O–H groups in total. The summed E-state index contributed by atoms with van der Waals surface area (Å²) in [5.74, 6) is -0.0879. The molecular weight excluding hydrogens is 515 g/mol. The number of hydrogen-bond acceptors (Lipinski definition) is 4. The average molecular weight is 546 g/mol. The fourth-order valence-corrected chi connectivity index (χ4v) is 5.83. The molecule has 0 atom stereocenters. The third kappa shape index (κ3) is 6.96. The number of para-hydroxylation sites is 1. The first-order chi connectivity index (χ1) is 17.8. The van der Waals surface area contributed by atoms with Crippen LogP contribution in [0.2, 0.25) is 0 Å². The molecule has 4 nitrogen and oxygen atoms in total. The van der Waals surface area contributed by atoms with E-state index in [-0.39, 0.29) is 5.91 Å². The van der Waals surface area contributed by atoms with Gasteiger partial charge in [0.15, 0.2) is 0 Å². The Kier molecular flexibility index (Phi) is 8.97. The summed E-state index contributed by atoms with van der Waals surface area (Å²) in [7, 11) is 0. The Morgan fingerprint density at radius 2 is 1.89 bits per heavy atom. The monoisotopic (exact) mass is 545 g/mol. The molecular formula is C28H30F3N3OS2. The van der Waals surface area contributed by atoms with E-state index in [0.29, 0.717) is 28.4 Å². The maximum Gasteiger partial charge on any atom is 0.416 e. The van der Waals surface area contributed by atoms with Crippen molar-refractivity contribution in [3.8, 4) is 11.1 Å². The number of carbonyl (C=O) groups excluding carboxylic acids is 1. The number of anilines is 1. The predicted molar refractivity (Wildman–Crippen MR) is 147 cm³/mol. The number of piperidine rings is 1. The molecule has 1 saturated heterocycles. The van der Waals surface area contributed by atoms with Crippen LogP contribution in [0.1, 0.15) is 72.4 Å². The van der Waals surface area contributed by atoms with Crippen LogP contribution in [-0.2, 0) is 6.18 Å². The van der Waals surface area contributed by atoms with E-state index in [4.69, 9.17) is 12.2 Å². The number of hydrogen-bond donors (Lipinski definition) is 1. The van der Waals surface area contributed by atoms with Gasteiger partial charge in [-0.1, -0.05) is 62.3 Å². The van der Waals surface area contributed by atoms with E-state index in [1.807, 2.05) is 0 Å². The van der Waals surface area contributed by atoms with Crippen LogP contribution >= 0.6 is 23.6 Å². The van der Waals surface area contributed by atoms with Gasteiger partial charge in [-0.3, -0.25) is 4.79 Å². The topological polar surface area (TPSA) is 45.2 Å². The number of benzene rings is 2. The van der Waals surface area contributed by atoms with E-state index in [1.54, 1.807) is 35.7 Å². The third-order valence-corrected chi connectivity index (χ3v) is 8.09. The summed E-state index contributed by atoms with van der Waals surface area (Å²) >= 11 is 7.10. The van der Waals surface area contributed by atoms with Gasteiger partial charge in [-0.2, -0.15) is 13.2 Å². The predicted octanol–water partition coefficient (Wildman–Crippen LogP) is 8.17. The van der Waals surface area contributed by atoms with Gasteiger partial charge in [0, 0.05) is 35.6 Å². The molecule has 1 fully saturated rings. The highest BCUT2D eigenvalue weighted by atomic mass is 32.1. The van der Waals surface area contributed by atoms with Crippen LogP contribution in [-0.4, -0.2) is 33.9 Å². The molecule has 0 saturated carbocycles. The number of halogens is 3. The van der Waals surface area contributed by atoms with Crippen molar-refractivity contribution in [2.24, 2.45) is 0 Å². The van der Waals surface area contributed by atoms with Gasteiger partial charge in [0.2, 0.25) is 0 Å². The van der Waals surface area contributed by atoms with Crippen molar-refractivity contribution in [3.05, 3.63) is 70.2 Å². The Morgan fingerprint density at radius 1 is 1.14 bits per heavy atom. The van der Waals surface area contributed by atoms with Gasteiger partial charge in [0.25, 0.3) is 5.91 Å². The van der Waals surface area contributed by atoms with Crippen molar-refractivity contribution >= 4 is 40.1 Å². The lowest BCUT2D eigenvalue weighted by atomic mass is 9.97. The minimum Gasteiger partial charge on any atom is -0.366 e. The van der Waals surface area contributed by atoms with Crippen molar-refractivity contribution in [1.29, 1.82) is 0 Å². The standard InChI is InChI=1S/C28H30F3N3OS2/c1-2-3-4-12-25(36)34-15-13-19(14-16-34)27-33-24(18-37-27)26(35)32-23-11-6-5-10-22(23)20-8-7-9-21(17-20)28(29,30)31/h5-11,17-19H,2-4,12-16H2,1H3,(H,32,35). The summed E-state index contributed by atoms with van der Waals surface area (Å²) in [5, 5.41) is 5.53. The number of nitrogens with one attached hydrogen (secondary N) is 1. The molecule has 4 rings (SSSR count). The van der Waals surface area contributed by atoms with Crippen LogP contribution in [0.25, 0.3) is 11.1 Å². The fraction of sp³-hybridized carbons (Fsp3) is 0.393. The van der Waals surface area contributed by atoms with Gasteiger partial charge in [0.1, 0.15) is 5.69 Å². The summed E-state index contributed by atoms with van der Waals surface area (Å²) in [6.45, 7) is 3.99. The summed E-state index contributed by atoms with van der Waals surface area (Å²) in [6.07, 6.45) is 1.93. The summed E-state index contributed by atoms with van der Waals surface area (Å²) in [6, 6.07) is 11.9. The van der Waals surface area contributed by atoms with E-state index in [1.165, 1.54) is 30.2 Å².